The number of rotatable bonds is 7. The van der Waals surface area contributed by atoms with Crippen LogP contribution in [0.1, 0.15) is 38.2 Å². The summed E-state index contributed by atoms with van der Waals surface area (Å²) in [6, 6.07) is 9.92. The first kappa shape index (κ1) is 17.9. The van der Waals surface area contributed by atoms with Gasteiger partial charge in [-0.25, -0.2) is 0 Å². The van der Waals surface area contributed by atoms with E-state index in [0.717, 1.165) is 18.4 Å². The van der Waals surface area contributed by atoms with Gasteiger partial charge in [0.2, 0.25) is 11.8 Å². The Hall–Kier alpha value is -1.88. The van der Waals surface area contributed by atoms with E-state index in [0.29, 0.717) is 31.3 Å². The van der Waals surface area contributed by atoms with Gasteiger partial charge in [0.05, 0.1) is 0 Å². The Kier molecular flexibility index (Phi) is 5.74. The Morgan fingerprint density at radius 1 is 1.20 bits per heavy atom. The highest BCUT2D eigenvalue weighted by Gasteiger charge is 2.47. The number of nitrogens with zero attached hydrogens (tertiary/aromatic N) is 1. The van der Waals surface area contributed by atoms with E-state index in [1.165, 1.54) is 6.42 Å². The van der Waals surface area contributed by atoms with E-state index in [2.05, 4.69) is 5.32 Å². The van der Waals surface area contributed by atoms with Crippen LogP contribution < -0.4 is 5.32 Å². The molecule has 4 atom stereocenters. The second kappa shape index (κ2) is 8.00. The standard InChI is InChI=1S/C20H28N2O3/c1-14(24)22(12-15-5-3-2-4-6-15)10-9-19(25)21-20-17-8-7-16(11-17)18(20)13-23/h2-6,16-18,20,23H,7-13H2,1H3,(H,21,25). The van der Waals surface area contributed by atoms with Crippen LogP contribution in [0.3, 0.4) is 0 Å². The van der Waals surface area contributed by atoms with Crippen molar-refractivity contribution in [1.29, 1.82) is 0 Å². The average Bonchev–Trinajstić information content (AvgIpc) is 3.20. The van der Waals surface area contributed by atoms with Gasteiger partial charge in [0.25, 0.3) is 0 Å². The molecule has 0 aliphatic heterocycles. The van der Waals surface area contributed by atoms with E-state index in [1.807, 2.05) is 30.3 Å². The molecule has 5 nitrogen and oxygen atoms in total. The first-order valence-electron chi connectivity index (χ1n) is 9.28. The van der Waals surface area contributed by atoms with E-state index in [4.69, 9.17) is 0 Å². The summed E-state index contributed by atoms with van der Waals surface area (Å²) in [4.78, 5) is 26.0. The Labute approximate surface area is 149 Å². The number of fused-ring (bicyclic) bond motifs is 2. The molecule has 2 bridgehead atoms. The van der Waals surface area contributed by atoms with Crippen molar-refractivity contribution in [3.63, 3.8) is 0 Å². The van der Waals surface area contributed by atoms with Crippen LogP contribution in [-0.4, -0.2) is 41.0 Å². The summed E-state index contributed by atoms with van der Waals surface area (Å²) in [6.07, 6.45) is 3.76. The van der Waals surface area contributed by atoms with Gasteiger partial charge in [-0.15, -0.1) is 0 Å². The molecule has 0 saturated heterocycles. The number of amides is 2. The number of carbonyl (C=O) groups excluding carboxylic acids is 2. The summed E-state index contributed by atoms with van der Waals surface area (Å²) in [5, 5.41) is 12.8. The normalized spacial score (nSPS) is 27.3. The fourth-order valence-electron chi connectivity index (χ4n) is 4.54. The van der Waals surface area contributed by atoms with Gasteiger partial charge >= 0.3 is 0 Å². The number of aliphatic hydroxyl groups excluding tert-OH is 1. The summed E-state index contributed by atoms with van der Waals surface area (Å²) in [7, 11) is 0. The molecule has 2 aliphatic carbocycles. The molecule has 4 unspecified atom stereocenters. The Morgan fingerprint density at radius 2 is 1.92 bits per heavy atom. The summed E-state index contributed by atoms with van der Waals surface area (Å²) in [5.74, 6) is 1.24. The van der Waals surface area contributed by atoms with Crippen molar-refractivity contribution in [3.8, 4) is 0 Å². The van der Waals surface area contributed by atoms with Crippen LogP contribution in [0, 0.1) is 17.8 Å². The van der Waals surface area contributed by atoms with Crippen LogP contribution in [-0.2, 0) is 16.1 Å². The molecule has 0 aromatic heterocycles. The molecule has 2 fully saturated rings. The Bertz CT molecular complexity index is 604. The lowest BCUT2D eigenvalue weighted by molar-refractivity contribution is -0.130. The summed E-state index contributed by atoms with van der Waals surface area (Å²) in [6.45, 7) is 2.63. The first-order valence-corrected chi connectivity index (χ1v) is 9.28. The highest BCUT2D eigenvalue weighted by atomic mass is 16.3. The number of benzene rings is 1. The zero-order chi connectivity index (χ0) is 17.8. The molecule has 2 aliphatic rings. The average molecular weight is 344 g/mol. The summed E-state index contributed by atoms with van der Waals surface area (Å²) >= 11 is 0. The van der Waals surface area contributed by atoms with Gasteiger partial charge in [-0.3, -0.25) is 9.59 Å². The molecule has 1 aromatic carbocycles. The van der Waals surface area contributed by atoms with Crippen molar-refractivity contribution in [2.75, 3.05) is 13.2 Å². The predicted molar refractivity (Wildman–Crippen MR) is 95.5 cm³/mol. The highest BCUT2D eigenvalue weighted by Crippen LogP contribution is 2.48. The molecule has 136 valence electrons. The van der Waals surface area contributed by atoms with Crippen LogP contribution in [0.15, 0.2) is 30.3 Å². The minimum absolute atomic E-state index is 0.0182. The molecule has 1 aromatic rings. The zero-order valence-corrected chi connectivity index (χ0v) is 14.9. The summed E-state index contributed by atoms with van der Waals surface area (Å²) < 4.78 is 0. The maximum atomic E-state index is 12.4. The van der Waals surface area contributed by atoms with Crippen LogP contribution >= 0.6 is 0 Å². The number of nitrogens with one attached hydrogen (secondary N) is 1. The van der Waals surface area contributed by atoms with Crippen molar-refractivity contribution in [2.45, 2.75) is 45.2 Å². The van der Waals surface area contributed by atoms with Gasteiger partial charge in [-0.1, -0.05) is 30.3 Å². The third-order valence-corrected chi connectivity index (χ3v) is 5.90. The maximum Gasteiger partial charge on any atom is 0.222 e. The van der Waals surface area contributed by atoms with Gasteiger partial charge in [0.1, 0.15) is 0 Å². The molecule has 0 spiro atoms. The molecular weight excluding hydrogens is 316 g/mol. The second-order valence-electron chi connectivity index (χ2n) is 7.45. The largest absolute Gasteiger partial charge is 0.396 e. The molecule has 2 saturated carbocycles. The molecule has 0 radical (unpaired) electrons. The number of aliphatic hydroxyl groups is 1. The lowest BCUT2D eigenvalue weighted by Gasteiger charge is -2.30. The quantitative estimate of drug-likeness (QED) is 0.794. The first-order chi connectivity index (χ1) is 12.1. The Morgan fingerprint density at radius 3 is 2.60 bits per heavy atom. The van der Waals surface area contributed by atoms with Crippen LogP contribution in [0.5, 0.6) is 0 Å². The molecule has 3 rings (SSSR count). The Balaban J connectivity index is 1.51. The van der Waals surface area contributed by atoms with Gasteiger partial charge in [0.15, 0.2) is 0 Å². The molecule has 0 heterocycles. The summed E-state index contributed by atoms with van der Waals surface area (Å²) in [5.41, 5.74) is 1.06. The van der Waals surface area contributed by atoms with Crippen LogP contribution in [0.25, 0.3) is 0 Å². The molecule has 2 amide bonds. The third-order valence-electron chi connectivity index (χ3n) is 5.90. The predicted octanol–water partition coefficient (Wildman–Crippen LogP) is 1.95. The number of hydrogen-bond donors (Lipinski definition) is 2. The van der Waals surface area contributed by atoms with E-state index >= 15 is 0 Å². The van der Waals surface area contributed by atoms with E-state index in [-0.39, 0.29) is 30.4 Å². The van der Waals surface area contributed by atoms with Gasteiger partial charge < -0.3 is 15.3 Å². The van der Waals surface area contributed by atoms with Crippen molar-refractivity contribution in [1.82, 2.24) is 10.2 Å². The van der Waals surface area contributed by atoms with Gasteiger partial charge in [-0.05, 0) is 36.7 Å². The van der Waals surface area contributed by atoms with Crippen molar-refractivity contribution < 1.29 is 14.7 Å². The fourth-order valence-corrected chi connectivity index (χ4v) is 4.54. The smallest absolute Gasteiger partial charge is 0.222 e. The lowest BCUT2D eigenvalue weighted by atomic mass is 9.85. The minimum Gasteiger partial charge on any atom is -0.396 e. The fraction of sp³-hybridized carbons (Fsp3) is 0.600. The monoisotopic (exact) mass is 344 g/mol. The van der Waals surface area contributed by atoms with Gasteiger partial charge in [0, 0.05) is 45.0 Å². The lowest BCUT2D eigenvalue weighted by Crippen LogP contribution is -2.46. The van der Waals surface area contributed by atoms with E-state index in [1.54, 1.807) is 11.8 Å². The maximum absolute atomic E-state index is 12.4. The van der Waals surface area contributed by atoms with E-state index in [9.17, 15) is 14.7 Å². The van der Waals surface area contributed by atoms with Crippen molar-refractivity contribution >= 4 is 11.8 Å². The highest BCUT2D eigenvalue weighted by molar-refractivity contribution is 5.78. The minimum atomic E-state index is -0.0233. The van der Waals surface area contributed by atoms with Crippen LogP contribution in [0.2, 0.25) is 0 Å². The molecule has 2 N–H and O–H groups in total. The topological polar surface area (TPSA) is 69.6 Å². The van der Waals surface area contributed by atoms with E-state index < -0.39 is 0 Å². The second-order valence-corrected chi connectivity index (χ2v) is 7.45. The SMILES string of the molecule is CC(=O)N(CCC(=O)NC1C2CCC(C2)C1CO)Cc1ccccc1. The number of carbonyl (C=O) groups is 2. The molecule has 5 heteroatoms. The third kappa shape index (κ3) is 4.21. The van der Waals surface area contributed by atoms with Crippen LogP contribution in [0.4, 0.5) is 0 Å². The zero-order valence-electron chi connectivity index (χ0n) is 14.9. The van der Waals surface area contributed by atoms with Crippen molar-refractivity contribution in [3.05, 3.63) is 35.9 Å². The van der Waals surface area contributed by atoms with Gasteiger partial charge in [-0.2, -0.15) is 0 Å². The number of hydrogen-bond acceptors (Lipinski definition) is 3. The van der Waals surface area contributed by atoms with Crippen molar-refractivity contribution in [2.24, 2.45) is 17.8 Å². The molecule has 25 heavy (non-hydrogen) atoms. The molecular formula is C20H28N2O3.